The normalized spacial score (nSPS) is 12.8. The number of aryl methyl sites for hydroxylation is 4. The maximum atomic E-state index is 11.2. The Balaban J connectivity index is 0.600. The number of aliphatic hydroxyl groups excluding tert-OH is 2. The lowest BCUT2D eigenvalue weighted by molar-refractivity contribution is 0.126. The fourth-order valence-corrected chi connectivity index (χ4v) is 13.8. The summed E-state index contributed by atoms with van der Waals surface area (Å²) >= 11 is 4.95. The predicted octanol–water partition coefficient (Wildman–Crippen LogP) is 17.5. The third kappa shape index (κ3) is 12.6. The minimum atomic E-state index is -0.698. The Morgan fingerprint density at radius 3 is 1.72 bits per heavy atom. The van der Waals surface area contributed by atoms with Gasteiger partial charge in [-0.1, -0.05) is 133 Å². The Morgan fingerprint density at radius 2 is 1.01 bits per heavy atom. The molecule has 0 radical (unpaired) electrons. The number of ether oxygens (including phenoxy) is 2. The summed E-state index contributed by atoms with van der Waals surface area (Å²) in [5.41, 5.74) is 9.37. The van der Waals surface area contributed by atoms with Crippen LogP contribution >= 0.6 is 35.3 Å². The molecule has 416 valence electrons. The van der Waals surface area contributed by atoms with Gasteiger partial charge in [-0.05, 0) is 152 Å². The molecule has 2 aromatic heterocycles. The van der Waals surface area contributed by atoms with E-state index in [9.17, 15) is 10.2 Å². The molecule has 8 nitrogen and oxygen atoms in total. The van der Waals surface area contributed by atoms with Crippen LogP contribution in [0.1, 0.15) is 48.9 Å². The minimum Gasteiger partial charge on any atom is -0.490 e. The van der Waals surface area contributed by atoms with Crippen molar-refractivity contribution in [2.24, 2.45) is 10.2 Å². The number of fused-ring (bicyclic) bond motifs is 8. The molecule has 0 saturated carbocycles. The van der Waals surface area contributed by atoms with E-state index in [0.717, 1.165) is 96.8 Å². The Hall–Kier alpha value is -7.77. The third-order valence-electron chi connectivity index (χ3n) is 15.4. The number of rotatable bonds is 24. The van der Waals surface area contributed by atoms with E-state index in [-0.39, 0.29) is 13.2 Å². The number of benzene rings is 10. The lowest BCUT2D eigenvalue weighted by Gasteiger charge is -2.17. The third-order valence-corrected chi connectivity index (χ3v) is 18.8. The van der Waals surface area contributed by atoms with E-state index in [1.807, 2.05) is 30.5 Å². The van der Waals surface area contributed by atoms with Gasteiger partial charge >= 0.3 is 0 Å². The van der Waals surface area contributed by atoms with E-state index in [1.165, 1.54) is 54.7 Å². The molecule has 12 rings (SSSR count). The van der Waals surface area contributed by atoms with E-state index < -0.39 is 12.2 Å². The fraction of sp³-hybridized carbons (Fsp3) is 0.194. The van der Waals surface area contributed by atoms with Gasteiger partial charge in [0.25, 0.3) is 0 Å². The fourth-order valence-electron chi connectivity index (χ4n) is 11.4. The molecule has 0 aliphatic rings. The van der Waals surface area contributed by atoms with Gasteiger partial charge in [0.15, 0.2) is 0 Å². The summed E-state index contributed by atoms with van der Waals surface area (Å²) in [4.78, 5) is 4.43. The SMILES string of the molecule is CCn1c2ccccc2c2cc(CCCCc3ccc4ccccc4c3OCC(O)CSc3ccc(Sc4ccc(SCC(O)COc5ccc6ccccc6c5/C=N/N=C/c5cccc6c5c5ccccc5n6CC)cc4)cc3)ccc21. The average Bonchev–Trinajstić information content (AvgIpc) is 4.28. The van der Waals surface area contributed by atoms with Gasteiger partial charge in [0, 0.05) is 104 Å². The summed E-state index contributed by atoms with van der Waals surface area (Å²) in [6.45, 7) is 6.57. The smallest absolute Gasteiger partial charge is 0.130 e. The van der Waals surface area contributed by atoms with Crippen LogP contribution in [0.15, 0.2) is 236 Å². The Labute approximate surface area is 497 Å². The monoisotopic (exact) mass is 1150 g/mol. The number of aliphatic hydroxyl groups is 2. The number of aromatic nitrogens is 2. The van der Waals surface area contributed by atoms with Crippen LogP contribution in [-0.2, 0) is 25.9 Å². The summed E-state index contributed by atoms with van der Waals surface area (Å²) in [6.07, 6.45) is 6.30. The highest BCUT2D eigenvalue weighted by Crippen LogP contribution is 2.36. The predicted molar refractivity (Wildman–Crippen MR) is 351 cm³/mol. The second-order valence-corrected chi connectivity index (χ2v) is 24.2. The topological polar surface area (TPSA) is 93.5 Å². The van der Waals surface area contributed by atoms with Gasteiger partial charge in [-0.3, -0.25) is 0 Å². The summed E-state index contributed by atoms with van der Waals surface area (Å²) in [5, 5.41) is 40.7. The Kier molecular flexibility index (Phi) is 17.6. The van der Waals surface area contributed by atoms with Crippen molar-refractivity contribution in [1.82, 2.24) is 9.13 Å². The molecule has 0 spiro atoms. The van der Waals surface area contributed by atoms with Crippen molar-refractivity contribution in [2.75, 3.05) is 24.7 Å². The van der Waals surface area contributed by atoms with Crippen LogP contribution in [-0.4, -0.2) is 68.7 Å². The standard InChI is InChI=1S/C72H66N4O4S3/c1-3-75-66-25-13-11-23-62(66)64-42-49(28-40-68(64)75)16-5-6-19-52-30-29-51-18-8-10-22-61(51)72(52)80-46-55(78)48-82-57-34-38-59(39-35-57)83-58-36-32-56(33-37-58)81-47-54(77)45-79-70-41-31-50-17-7-9-21-60(50)65(70)44-74-73-43-53-20-15-27-69-71(53)63-24-12-14-26-67(63)76(69)4-2/h7-15,17-18,20-44,54-55,77-78H,3-6,16,19,45-48H2,1-2H3/b73-43+,74-44+. The highest BCUT2D eigenvalue weighted by atomic mass is 32.2. The van der Waals surface area contributed by atoms with E-state index in [1.54, 1.807) is 41.5 Å². The van der Waals surface area contributed by atoms with Crippen molar-refractivity contribution in [3.05, 3.63) is 229 Å². The van der Waals surface area contributed by atoms with Gasteiger partial charge < -0.3 is 28.8 Å². The first kappa shape index (κ1) is 55.7. The average molecular weight is 1150 g/mol. The summed E-state index contributed by atoms with van der Waals surface area (Å²) in [5.74, 6) is 2.52. The second kappa shape index (κ2) is 26.2. The number of thioether (sulfide) groups is 2. The largest absolute Gasteiger partial charge is 0.490 e. The molecule has 2 N–H and O–H groups in total. The molecule has 2 heterocycles. The molecular formula is C72H66N4O4S3. The van der Waals surface area contributed by atoms with Crippen LogP contribution in [0.2, 0.25) is 0 Å². The molecule has 11 heteroatoms. The minimum absolute atomic E-state index is 0.132. The van der Waals surface area contributed by atoms with Crippen LogP contribution in [0.3, 0.4) is 0 Å². The zero-order chi connectivity index (χ0) is 56.5. The summed E-state index contributed by atoms with van der Waals surface area (Å²) in [6, 6.07) is 72.4. The second-order valence-electron chi connectivity index (χ2n) is 20.9. The molecule has 10 aromatic carbocycles. The van der Waals surface area contributed by atoms with Crippen molar-refractivity contribution in [1.29, 1.82) is 0 Å². The van der Waals surface area contributed by atoms with Gasteiger partial charge in [-0.2, -0.15) is 10.2 Å². The first-order valence-corrected chi connectivity index (χ1v) is 31.5. The number of hydrogen-bond acceptors (Lipinski definition) is 9. The molecular weight excluding hydrogens is 1080 g/mol. The van der Waals surface area contributed by atoms with Gasteiger partial charge in [-0.25, -0.2) is 0 Å². The van der Waals surface area contributed by atoms with E-state index >= 15 is 0 Å². The summed E-state index contributed by atoms with van der Waals surface area (Å²) in [7, 11) is 0. The van der Waals surface area contributed by atoms with Gasteiger partial charge in [-0.15, -0.1) is 23.5 Å². The maximum Gasteiger partial charge on any atom is 0.130 e. The molecule has 0 saturated heterocycles. The van der Waals surface area contributed by atoms with Crippen LogP contribution in [0.4, 0.5) is 0 Å². The van der Waals surface area contributed by atoms with Crippen molar-refractivity contribution >= 4 is 113 Å². The zero-order valence-electron chi connectivity index (χ0n) is 46.7. The zero-order valence-corrected chi connectivity index (χ0v) is 49.2. The van der Waals surface area contributed by atoms with Crippen LogP contribution in [0.25, 0.3) is 65.2 Å². The Morgan fingerprint density at radius 1 is 0.470 bits per heavy atom. The number of nitrogens with zero attached hydrogens (tertiary/aromatic N) is 4. The van der Waals surface area contributed by atoms with E-state index in [0.29, 0.717) is 17.3 Å². The summed E-state index contributed by atoms with van der Waals surface area (Å²) < 4.78 is 17.6. The molecule has 0 fully saturated rings. The lowest BCUT2D eigenvalue weighted by atomic mass is 9.99. The van der Waals surface area contributed by atoms with Crippen LogP contribution in [0.5, 0.6) is 11.5 Å². The molecule has 0 aliphatic carbocycles. The lowest BCUT2D eigenvalue weighted by Crippen LogP contribution is -2.20. The Bertz CT molecular complexity index is 4290. The van der Waals surface area contributed by atoms with Gasteiger partial charge in [0.1, 0.15) is 24.7 Å². The number of hydrogen-bond donors (Lipinski definition) is 2. The molecule has 2 atom stereocenters. The molecule has 2 unspecified atom stereocenters. The number of para-hydroxylation sites is 2. The van der Waals surface area contributed by atoms with Crippen LogP contribution < -0.4 is 9.47 Å². The molecule has 0 amide bonds. The van der Waals surface area contributed by atoms with Gasteiger partial charge in [0.05, 0.1) is 24.6 Å². The van der Waals surface area contributed by atoms with Crippen molar-refractivity contribution in [3.63, 3.8) is 0 Å². The maximum absolute atomic E-state index is 11.2. The van der Waals surface area contributed by atoms with E-state index in [4.69, 9.17) is 9.47 Å². The highest BCUT2D eigenvalue weighted by Gasteiger charge is 2.17. The molecule has 83 heavy (non-hydrogen) atoms. The molecule has 0 aliphatic heterocycles. The quantitative estimate of drug-likeness (QED) is 0.0269. The number of unbranched alkanes of at least 4 members (excludes halogenated alkanes) is 1. The first-order valence-electron chi connectivity index (χ1n) is 28.7. The van der Waals surface area contributed by atoms with Crippen molar-refractivity contribution in [2.45, 2.75) is 84.4 Å². The van der Waals surface area contributed by atoms with Crippen LogP contribution in [0, 0.1) is 0 Å². The van der Waals surface area contributed by atoms with Crippen molar-refractivity contribution in [3.8, 4) is 11.5 Å². The van der Waals surface area contributed by atoms with Crippen molar-refractivity contribution < 1.29 is 19.7 Å². The molecule has 0 bridgehead atoms. The molecule has 12 aromatic rings. The van der Waals surface area contributed by atoms with Gasteiger partial charge in [0.2, 0.25) is 0 Å². The van der Waals surface area contributed by atoms with E-state index in [2.05, 4.69) is 215 Å². The highest BCUT2D eigenvalue weighted by molar-refractivity contribution is 8.00. The first-order chi connectivity index (χ1) is 40.9.